The fourth-order valence-electron chi connectivity index (χ4n) is 1.33. The van der Waals surface area contributed by atoms with Crippen molar-refractivity contribution in [2.75, 3.05) is 12.8 Å². The summed E-state index contributed by atoms with van der Waals surface area (Å²) in [4.78, 5) is 10.1. The first-order chi connectivity index (χ1) is 6.57. The third-order valence-corrected chi connectivity index (χ3v) is 2.12. The molecule has 0 fully saturated rings. The lowest BCUT2D eigenvalue weighted by molar-refractivity contribution is -0.384. The van der Waals surface area contributed by atoms with Crippen LogP contribution in [0.2, 0.25) is 0 Å². The monoisotopic (exact) mass is 195 g/mol. The molecule has 1 aromatic carbocycles. The van der Waals surface area contributed by atoms with Gasteiger partial charge in [-0.25, -0.2) is 0 Å². The molecular formula is C9H13N3O2. The molecule has 0 saturated carbocycles. The Bertz CT molecular complexity index is 363. The van der Waals surface area contributed by atoms with Crippen molar-refractivity contribution < 1.29 is 4.92 Å². The third-order valence-electron chi connectivity index (χ3n) is 2.12. The molecule has 0 spiro atoms. The summed E-state index contributed by atoms with van der Waals surface area (Å²) in [7, 11) is 1.78. The largest absolute Gasteiger partial charge is 0.393 e. The van der Waals surface area contributed by atoms with Crippen LogP contribution in [0.15, 0.2) is 12.1 Å². The van der Waals surface area contributed by atoms with Gasteiger partial charge in [0.15, 0.2) is 0 Å². The summed E-state index contributed by atoms with van der Waals surface area (Å²) in [6.45, 7) is 2.42. The summed E-state index contributed by atoms with van der Waals surface area (Å²) in [6, 6.07) is 3.14. The number of nitrogens with zero attached hydrogens (tertiary/aromatic N) is 1. The molecule has 3 N–H and O–H groups in total. The summed E-state index contributed by atoms with van der Waals surface area (Å²) in [5.74, 6) is 0. The van der Waals surface area contributed by atoms with Crippen LogP contribution >= 0.6 is 0 Å². The normalized spacial score (nSPS) is 10.1. The maximum Gasteiger partial charge on any atom is 0.292 e. The molecule has 0 aliphatic rings. The SMILES string of the molecule is CNCc1c(C)ccc([N+](=O)[O-])c1N. The van der Waals surface area contributed by atoms with Crippen molar-refractivity contribution in [1.82, 2.24) is 5.32 Å². The van der Waals surface area contributed by atoms with E-state index in [0.29, 0.717) is 6.54 Å². The minimum atomic E-state index is -0.464. The van der Waals surface area contributed by atoms with E-state index in [-0.39, 0.29) is 11.4 Å². The van der Waals surface area contributed by atoms with Gasteiger partial charge in [-0.2, -0.15) is 0 Å². The highest BCUT2D eigenvalue weighted by atomic mass is 16.6. The molecular weight excluding hydrogens is 182 g/mol. The topological polar surface area (TPSA) is 81.2 Å². The van der Waals surface area contributed by atoms with Crippen LogP contribution in [0.5, 0.6) is 0 Å². The Morgan fingerprint density at radius 1 is 1.57 bits per heavy atom. The van der Waals surface area contributed by atoms with Crippen LogP contribution < -0.4 is 11.1 Å². The Hall–Kier alpha value is -1.62. The second kappa shape index (κ2) is 4.06. The van der Waals surface area contributed by atoms with Crippen molar-refractivity contribution in [2.24, 2.45) is 0 Å². The van der Waals surface area contributed by atoms with Gasteiger partial charge in [0.2, 0.25) is 0 Å². The minimum absolute atomic E-state index is 0.0270. The molecule has 1 aromatic rings. The van der Waals surface area contributed by atoms with E-state index in [1.807, 2.05) is 6.92 Å². The number of hydrogen-bond donors (Lipinski definition) is 2. The summed E-state index contributed by atoms with van der Waals surface area (Å²) in [6.07, 6.45) is 0. The zero-order valence-electron chi connectivity index (χ0n) is 8.20. The lowest BCUT2D eigenvalue weighted by Crippen LogP contribution is -2.10. The number of rotatable bonds is 3. The second-order valence-corrected chi connectivity index (χ2v) is 3.08. The molecule has 14 heavy (non-hydrogen) atoms. The van der Waals surface area contributed by atoms with Gasteiger partial charge in [0, 0.05) is 12.6 Å². The highest BCUT2D eigenvalue weighted by molar-refractivity contribution is 5.65. The van der Waals surface area contributed by atoms with Gasteiger partial charge in [0.05, 0.1) is 4.92 Å². The average Bonchev–Trinajstić information content (AvgIpc) is 2.11. The zero-order valence-corrected chi connectivity index (χ0v) is 8.20. The predicted molar refractivity (Wildman–Crippen MR) is 55.0 cm³/mol. The van der Waals surface area contributed by atoms with Gasteiger partial charge in [0.1, 0.15) is 5.69 Å². The summed E-state index contributed by atoms with van der Waals surface area (Å²) >= 11 is 0. The smallest absolute Gasteiger partial charge is 0.292 e. The summed E-state index contributed by atoms with van der Waals surface area (Å²) in [5.41, 5.74) is 7.67. The minimum Gasteiger partial charge on any atom is -0.393 e. The first kappa shape index (κ1) is 10.5. The Morgan fingerprint density at radius 3 is 2.71 bits per heavy atom. The molecule has 0 aliphatic carbocycles. The standard InChI is InChI=1S/C9H13N3O2/c1-6-3-4-8(12(13)14)9(10)7(6)5-11-2/h3-4,11H,5,10H2,1-2H3. The van der Waals surface area contributed by atoms with Gasteiger partial charge in [-0.3, -0.25) is 10.1 Å². The number of nitro benzene ring substituents is 1. The van der Waals surface area contributed by atoms with Crippen molar-refractivity contribution in [3.05, 3.63) is 33.4 Å². The highest BCUT2D eigenvalue weighted by Crippen LogP contribution is 2.27. The molecule has 0 atom stereocenters. The van der Waals surface area contributed by atoms with E-state index in [4.69, 9.17) is 5.73 Å². The number of hydrogen-bond acceptors (Lipinski definition) is 4. The molecule has 0 amide bonds. The molecule has 0 heterocycles. The fourth-order valence-corrected chi connectivity index (χ4v) is 1.33. The molecule has 1 rings (SSSR count). The van der Waals surface area contributed by atoms with E-state index < -0.39 is 4.92 Å². The van der Waals surface area contributed by atoms with E-state index in [1.54, 1.807) is 13.1 Å². The Balaban J connectivity index is 3.26. The van der Waals surface area contributed by atoms with Crippen LogP contribution in [0.3, 0.4) is 0 Å². The molecule has 76 valence electrons. The third kappa shape index (κ3) is 1.82. The number of nitrogens with two attached hydrogens (primary N) is 1. The van der Waals surface area contributed by atoms with Crippen LogP contribution in [-0.2, 0) is 6.54 Å². The first-order valence-electron chi connectivity index (χ1n) is 4.25. The maximum absolute atomic E-state index is 10.6. The van der Waals surface area contributed by atoms with Gasteiger partial charge in [-0.05, 0) is 25.1 Å². The van der Waals surface area contributed by atoms with E-state index in [0.717, 1.165) is 11.1 Å². The van der Waals surface area contributed by atoms with Gasteiger partial charge >= 0.3 is 0 Å². The lowest BCUT2D eigenvalue weighted by atomic mass is 10.1. The van der Waals surface area contributed by atoms with Crippen molar-refractivity contribution in [1.29, 1.82) is 0 Å². The van der Waals surface area contributed by atoms with Crippen molar-refractivity contribution in [3.8, 4) is 0 Å². The zero-order chi connectivity index (χ0) is 10.7. The van der Waals surface area contributed by atoms with Crippen LogP contribution in [0.1, 0.15) is 11.1 Å². The Kier molecular flexibility index (Phi) is 3.03. The number of nitrogen functional groups attached to an aromatic ring is 1. The molecule has 5 nitrogen and oxygen atoms in total. The summed E-state index contributed by atoms with van der Waals surface area (Å²) in [5, 5.41) is 13.5. The molecule has 0 radical (unpaired) electrons. The highest BCUT2D eigenvalue weighted by Gasteiger charge is 2.15. The summed E-state index contributed by atoms with van der Waals surface area (Å²) < 4.78 is 0. The maximum atomic E-state index is 10.6. The van der Waals surface area contributed by atoms with Crippen molar-refractivity contribution in [3.63, 3.8) is 0 Å². The molecule has 0 saturated heterocycles. The van der Waals surface area contributed by atoms with Gasteiger partial charge < -0.3 is 11.1 Å². The van der Waals surface area contributed by atoms with E-state index in [1.165, 1.54) is 6.07 Å². The molecule has 0 bridgehead atoms. The number of anilines is 1. The van der Waals surface area contributed by atoms with Gasteiger partial charge in [0.25, 0.3) is 5.69 Å². The van der Waals surface area contributed by atoms with E-state index >= 15 is 0 Å². The van der Waals surface area contributed by atoms with Crippen molar-refractivity contribution in [2.45, 2.75) is 13.5 Å². The Morgan fingerprint density at radius 2 is 2.21 bits per heavy atom. The van der Waals surface area contributed by atoms with E-state index in [2.05, 4.69) is 5.32 Å². The number of benzene rings is 1. The number of aryl methyl sites for hydroxylation is 1. The molecule has 0 aromatic heterocycles. The molecule has 0 aliphatic heterocycles. The average molecular weight is 195 g/mol. The first-order valence-corrected chi connectivity index (χ1v) is 4.25. The molecule has 0 unspecified atom stereocenters. The predicted octanol–water partition coefficient (Wildman–Crippen LogP) is 1.20. The van der Waals surface area contributed by atoms with Gasteiger partial charge in [-0.15, -0.1) is 0 Å². The fraction of sp³-hybridized carbons (Fsp3) is 0.333. The van der Waals surface area contributed by atoms with Crippen molar-refractivity contribution >= 4 is 11.4 Å². The number of nitro groups is 1. The van der Waals surface area contributed by atoms with Crippen LogP contribution in [0.4, 0.5) is 11.4 Å². The van der Waals surface area contributed by atoms with E-state index in [9.17, 15) is 10.1 Å². The quantitative estimate of drug-likeness (QED) is 0.431. The second-order valence-electron chi connectivity index (χ2n) is 3.08. The van der Waals surface area contributed by atoms with Crippen LogP contribution in [0.25, 0.3) is 0 Å². The Labute approximate surface area is 82.1 Å². The number of nitrogens with one attached hydrogen (secondary N) is 1. The lowest BCUT2D eigenvalue weighted by Gasteiger charge is -2.08. The van der Waals surface area contributed by atoms with Gasteiger partial charge in [-0.1, -0.05) is 6.07 Å². The van der Waals surface area contributed by atoms with Crippen LogP contribution in [0, 0.1) is 17.0 Å². The van der Waals surface area contributed by atoms with Crippen LogP contribution in [-0.4, -0.2) is 12.0 Å². The molecule has 5 heteroatoms.